The molecule has 0 aliphatic heterocycles. The van der Waals surface area contributed by atoms with Crippen molar-refractivity contribution >= 4 is 55.2 Å². The summed E-state index contributed by atoms with van der Waals surface area (Å²) in [6.07, 6.45) is 18.2. The summed E-state index contributed by atoms with van der Waals surface area (Å²) in [4.78, 5) is 25.0. The van der Waals surface area contributed by atoms with Gasteiger partial charge < -0.3 is 28.7 Å². The van der Waals surface area contributed by atoms with Crippen LogP contribution in [-0.4, -0.2) is 125 Å². The fraction of sp³-hybridized carbons (Fsp3) is 0.553. The highest BCUT2D eigenvalue weighted by molar-refractivity contribution is 6.77. The van der Waals surface area contributed by atoms with Crippen LogP contribution in [0.25, 0.3) is 56.1 Å². The van der Waals surface area contributed by atoms with Gasteiger partial charge in [-0.05, 0) is 123 Å². The third-order valence-electron chi connectivity index (χ3n) is 20.4. The van der Waals surface area contributed by atoms with E-state index in [-0.39, 0.29) is 0 Å². The van der Waals surface area contributed by atoms with E-state index >= 15 is 0 Å². The molecule has 8 atom stereocenters. The molecule has 0 N–H and O–H groups in total. The zero-order chi connectivity index (χ0) is 66.4. The third kappa shape index (κ3) is 18.5. The number of hydrogen-bond donors (Lipinski definition) is 0. The highest BCUT2D eigenvalue weighted by atomic mass is 28.3. The molecule has 14 nitrogen and oxygen atoms in total. The van der Waals surface area contributed by atoms with E-state index in [0.717, 1.165) is 154 Å². The predicted molar refractivity (Wildman–Crippen MR) is 399 cm³/mol. The maximum Gasteiger partial charge on any atom is 0.165 e. The fourth-order valence-corrected chi connectivity index (χ4v) is 17.7. The molecule has 4 fully saturated rings. The average Bonchev–Trinajstić information content (AvgIpc) is 1.57. The van der Waals surface area contributed by atoms with Gasteiger partial charge in [-0.25, -0.2) is 9.97 Å². The quantitative estimate of drug-likeness (QED) is 0.0263. The summed E-state index contributed by atoms with van der Waals surface area (Å²) in [5.41, 5.74) is 12.3. The minimum atomic E-state index is -1.21. The highest BCUT2D eigenvalue weighted by Crippen LogP contribution is 2.53. The Balaban J connectivity index is 0.000000192. The first-order valence-corrected chi connectivity index (χ1v) is 50.3. The third-order valence-corrected chi connectivity index (χ3v) is 27.2. The first kappa shape index (κ1) is 69.6. The standard InChI is InChI=1S/2C38H55N5O2Si2/c2*1-28-19-29-20-32(28)22-33(21-29)36-23-37(42(26-44-15-17-46(2,3)4)27-45-16-18-47(5,6)7)43-38(41-36)34(25-40-43)31-13-14-35(39-24-31)30-11-9-8-10-12-30/h2*8-14,23-25,28-29,32-33H,15-22,26-27H2,1-7H3. The maximum absolute atomic E-state index is 6.38. The summed E-state index contributed by atoms with van der Waals surface area (Å²) in [6.45, 7) is 38.6. The van der Waals surface area contributed by atoms with E-state index in [9.17, 15) is 0 Å². The molecule has 0 amide bonds. The zero-order valence-corrected chi connectivity index (χ0v) is 63.4. The Kier molecular flexibility index (Phi) is 22.5. The van der Waals surface area contributed by atoms with Crippen molar-refractivity contribution in [2.24, 2.45) is 35.5 Å². The average molecular weight is 1340 g/mol. The van der Waals surface area contributed by atoms with Crippen LogP contribution >= 0.6 is 0 Å². The second-order valence-corrected chi connectivity index (χ2v) is 55.7. The molecule has 12 rings (SSSR count). The number of nitrogens with zero attached hydrogens (tertiary/aromatic N) is 10. The van der Waals surface area contributed by atoms with Crippen LogP contribution in [0.2, 0.25) is 103 Å². The van der Waals surface area contributed by atoms with Gasteiger partial charge in [-0.2, -0.15) is 19.2 Å². The van der Waals surface area contributed by atoms with Crippen LogP contribution in [0, 0.1) is 35.5 Å². The molecular weight excluding hydrogens is 1230 g/mol. The fourth-order valence-electron chi connectivity index (χ4n) is 14.6. The lowest BCUT2D eigenvalue weighted by molar-refractivity contribution is 0.0940. The predicted octanol–water partition coefficient (Wildman–Crippen LogP) is 18.9. The Bertz CT molecular complexity index is 3420. The summed E-state index contributed by atoms with van der Waals surface area (Å²) in [5.74, 6) is 7.73. The van der Waals surface area contributed by atoms with Crippen LogP contribution in [0.3, 0.4) is 0 Å². The van der Waals surface area contributed by atoms with Crippen LogP contribution in [0.15, 0.2) is 122 Å². The minimum absolute atomic E-state index is 0.455. The van der Waals surface area contributed by atoms with Crippen molar-refractivity contribution < 1.29 is 18.9 Å². The van der Waals surface area contributed by atoms with Gasteiger partial charge in [-0.1, -0.05) is 165 Å². The highest BCUT2D eigenvalue weighted by Gasteiger charge is 2.42. The molecule has 504 valence electrons. The number of rotatable bonds is 28. The van der Waals surface area contributed by atoms with Gasteiger partial charge >= 0.3 is 0 Å². The largest absolute Gasteiger partial charge is 0.361 e. The molecule has 0 spiro atoms. The summed E-state index contributed by atoms with van der Waals surface area (Å²) in [6, 6.07) is 38.3. The summed E-state index contributed by atoms with van der Waals surface area (Å²) in [5, 5.41) is 9.92. The van der Waals surface area contributed by atoms with Gasteiger partial charge in [0, 0.05) is 140 Å². The molecule has 6 aromatic heterocycles. The lowest BCUT2D eigenvalue weighted by Gasteiger charge is -2.30. The zero-order valence-electron chi connectivity index (χ0n) is 59.4. The SMILES string of the molecule is CC1CC2CC(c3cc(N(COCC[Si](C)(C)C)COCC[Si](C)(C)C)n4ncc(-c5ccc(-c6ccccc6)nc5)c4n3)CC1C2.CC1CC2CC(c3cc(N(COCC[Si](C)(C)C)COCC[Si](C)(C)C)n4ncc(-c5ccc(-c6ccccc6)nc5)c4n3)CC1C2. The van der Waals surface area contributed by atoms with Crippen molar-refractivity contribution in [1.29, 1.82) is 0 Å². The molecule has 4 bridgehead atoms. The van der Waals surface area contributed by atoms with Crippen molar-refractivity contribution in [2.75, 3.05) is 63.2 Å². The number of aromatic nitrogens is 8. The van der Waals surface area contributed by atoms with Crippen molar-refractivity contribution in [3.8, 4) is 44.8 Å². The molecule has 8 unspecified atom stereocenters. The smallest absolute Gasteiger partial charge is 0.165 e. The Labute approximate surface area is 566 Å². The second kappa shape index (κ2) is 30.4. The van der Waals surface area contributed by atoms with Crippen LogP contribution in [0.5, 0.6) is 0 Å². The maximum atomic E-state index is 6.38. The lowest BCUT2D eigenvalue weighted by atomic mass is 9.78. The topological polar surface area (TPSA) is 130 Å². The van der Waals surface area contributed by atoms with Crippen molar-refractivity contribution in [2.45, 2.75) is 180 Å². The second-order valence-electron chi connectivity index (χ2n) is 33.2. The molecular formula is C76H110N10O4Si4. The molecule has 6 heterocycles. The molecule has 4 saturated carbocycles. The molecule has 2 aromatic carbocycles. The van der Waals surface area contributed by atoms with Crippen LogP contribution in [-0.2, 0) is 18.9 Å². The molecule has 4 aliphatic carbocycles. The number of hydrogen-bond acceptors (Lipinski definition) is 12. The molecule has 18 heteroatoms. The first-order chi connectivity index (χ1) is 44.9. The van der Waals surface area contributed by atoms with Gasteiger partial charge in [0.25, 0.3) is 0 Å². The van der Waals surface area contributed by atoms with Crippen molar-refractivity contribution in [3.63, 3.8) is 0 Å². The number of anilines is 2. The van der Waals surface area contributed by atoms with E-state index in [4.69, 9.17) is 49.1 Å². The molecule has 0 radical (unpaired) electrons. The monoisotopic (exact) mass is 1340 g/mol. The molecule has 4 aliphatic rings. The van der Waals surface area contributed by atoms with E-state index in [2.05, 4.69) is 187 Å². The lowest BCUT2D eigenvalue weighted by Crippen LogP contribution is -2.33. The van der Waals surface area contributed by atoms with E-state index in [1.165, 1.54) is 62.8 Å². The van der Waals surface area contributed by atoms with Crippen LogP contribution in [0.1, 0.15) is 88.4 Å². The summed E-state index contributed by atoms with van der Waals surface area (Å²) in [7, 11) is -4.85. The Morgan fingerprint density at radius 3 is 1.06 bits per heavy atom. The van der Waals surface area contributed by atoms with E-state index in [1.807, 2.05) is 46.0 Å². The number of ether oxygens (including phenoxy) is 4. The molecule has 0 saturated heterocycles. The van der Waals surface area contributed by atoms with Crippen LogP contribution in [0.4, 0.5) is 11.6 Å². The van der Waals surface area contributed by atoms with Gasteiger partial charge in [0.2, 0.25) is 0 Å². The van der Waals surface area contributed by atoms with E-state index in [0.29, 0.717) is 38.8 Å². The van der Waals surface area contributed by atoms with E-state index in [1.54, 1.807) is 0 Å². The number of pyridine rings is 2. The Morgan fingerprint density at radius 1 is 0.404 bits per heavy atom. The van der Waals surface area contributed by atoms with Gasteiger partial charge in [0.1, 0.15) is 38.6 Å². The summed E-state index contributed by atoms with van der Waals surface area (Å²) >= 11 is 0. The van der Waals surface area contributed by atoms with E-state index < -0.39 is 32.3 Å². The van der Waals surface area contributed by atoms with Crippen LogP contribution < -0.4 is 9.80 Å². The number of benzene rings is 2. The Morgan fingerprint density at radius 2 is 0.755 bits per heavy atom. The van der Waals surface area contributed by atoms with Gasteiger partial charge in [0.05, 0.1) is 23.8 Å². The normalized spacial score (nSPS) is 21.4. The summed E-state index contributed by atoms with van der Waals surface area (Å²) < 4.78 is 29.5. The number of fused-ring (bicyclic) bond motifs is 6. The van der Waals surface area contributed by atoms with Gasteiger partial charge in [0.15, 0.2) is 11.3 Å². The molecule has 94 heavy (non-hydrogen) atoms. The van der Waals surface area contributed by atoms with Crippen molar-refractivity contribution in [3.05, 3.63) is 133 Å². The van der Waals surface area contributed by atoms with Gasteiger partial charge in [-0.3, -0.25) is 9.97 Å². The first-order valence-electron chi connectivity index (χ1n) is 35.5. The van der Waals surface area contributed by atoms with Crippen molar-refractivity contribution in [1.82, 2.24) is 39.2 Å². The minimum Gasteiger partial charge on any atom is -0.361 e. The Hall–Kier alpha value is -5.71. The van der Waals surface area contributed by atoms with Gasteiger partial charge in [-0.15, -0.1) is 0 Å². The molecule has 8 aromatic rings.